The van der Waals surface area contributed by atoms with Crippen LogP contribution in [0.25, 0.3) is 10.8 Å². The van der Waals surface area contributed by atoms with E-state index in [1.54, 1.807) is 6.20 Å². The van der Waals surface area contributed by atoms with Gasteiger partial charge in [0.15, 0.2) is 0 Å². The standard InChI is InChI=1S/C14H18N2O2S/c1-19(17,18)9-3-7-15-10-12-4-2-5-13-11-16-8-6-14(12)13/h2,4-6,8,11,15H,3,7,9-10H2,1H3. The molecule has 1 aromatic carbocycles. The highest BCUT2D eigenvalue weighted by Crippen LogP contribution is 2.16. The zero-order valence-corrected chi connectivity index (χ0v) is 11.8. The van der Waals surface area contributed by atoms with Crippen LogP contribution in [0.2, 0.25) is 0 Å². The van der Waals surface area contributed by atoms with Crippen molar-refractivity contribution in [2.24, 2.45) is 0 Å². The first-order valence-corrected chi connectivity index (χ1v) is 8.32. The second kappa shape index (κ2) is 6.12. The second-order valence-corrected chi connectivity index (χ2v) is 6.93. The highest BCUT2D eigenvalue weighted by molar-refractivity contribution is 7.90. The van der Waals surface area contributed by atoms with Gasteiger partial charge in [0, 0.05) is 30.6 Å². The molecule has 5 heteroatoms. The second-order valence-electron chi connectivity index (χ2n) is 4.67. The molecule has 0 atom stereocenters. The molecule has 0 radical (unpaired) electrons. The lowest BCUT2D eigenvalue weighted by molar-refractivity contribution is 0.594. The Morgan fingerprint density at radius 2 is 2.11 bits per heavy atom. The number of aromatic nitrogens is 1. The number of hydrogen-bond donors (Lipinski definition) is 1. The number of hydrogen-bond acceptors (Lipinski definition) is 4. The number of nitrogens with zero attached hydrogens (tertiary/aromatic N) is 1. The lowest BCUT2D eigenvalue weighted by atomic mass is 10.1. The Bertz CT molecular complexity index is 648. The monoisotopic (exact) mass is 278 g/mol. The molecule has 1 aromatic heterocycles. The fraction of sp³-hybridized carbons (Fsp3) is 0.357. The van der Waals surface area contributed by atoms with Gasteiger partial charge in [0.05, 0.1) is 5.75 Å². The van der Waals surface area contributed by atoms with Crippen LogP contribution in [-0.4, -0.2) is 32.0 Å². The van der Waals surface area contributed by atoms with Crippen molar-refractivity contribution < 1.29 is 8.42 Å². The van der Waals surface area contributed by atoms with Crippen LogP contribution in [0.4, 0.5) is 0 Å². The first kappa shape index (κ1) is 14.0. The lowest BCUT2D eigenvalue weighted by Crippen LogP contribution is -2.18. The number of benzene rings is 1. The molecule has 102 valence electrons. The quantitative estimate of drug-likeness (QED) is 0.818. The molecule has 2 rings (SSSR count). The van der Waals surface area contributed by atoms with Crippen molar-refractivity contribution in [2.75, 3.05) is 18.6 Å². The molecule has 0 spiro atoms. The van der Waals surface area contributed by atoms with Crippen molar-refractivity contribution in [3.05, 3.63) is 42.2 Å². The summed E-state index contributed by atoms with van der Waals surface area (Å²) in [6.45, 7) is 1.44. The van der Waals surface area contributed by atoms with Crippen LogP contribution in [-0.2, 0) is 16.4 Å². The van der Waals surface area contributed by atoms with Gasteiger partial charge in [-0.3, -0.25) is 4.98 Å². The number of rotatable bonds is 6. The first-order chi connectivity index (χ1) is 9.06. The summed E-state index contributed by atoms with van der Waals surface area (Å²) in [5.74, 6) is 0.236. The van der Waals surface area contributed by atoms with Crippen LogP contribution in [0, 0.1) is 0 Å². The molecule has 2 aromatic rings. The van der Waals surface area contributed by atoms with Gasteiger partial charge < -0.3 is 5.32 Å². The van der Waals surface area contributed by atoms with E-state index in [1.165, 1.54) is 17.2 Å². The van der Waals surface area contributed by atoms with E-state index < -0.39 is 9.84 Å². The normalized spacial score (nSPS) is 11.8. The molecule has 1 heterocycles. The van der Waals surface area contributed by atoms with E-state index in [4.69, 9.17) is 0 Å². The van der Waals surface area contributed by atoms with Crippen molar-refractivity contribution >= 4 is 20.6 Å². The number of fused-ring (bicyclic) bond motifs is 1. The Labute approximate surface area is 113 Å². The Hall–Kier alpha value is -1.46. The average Bonchev–Trinajstić information content (AvgIpc) is 2.37. The third-order valence-electron chi connectivity index (χ3n) is 2.96. The van der Waals surface area contributed by atoms with E-state index in [0.29, 0.717) is 13.0 Å². The summed E-state index contributed by atoms with van der Waals surface area (Å²) < 4.78 is 22.0. The third-order valence-corrected chi connectivity index (χ3v) is 3.99. The molecular weight excluding hydrogens is 260 g/mol. The van der Waals surface area contributed by atoms with E-state index in [9.17, 15) is 8.42 Å². The summed E-state index contributed by atoms with van der Waals surface area (Å²) in [6, 6.07) is 8.13. The predicted octanol–water partition coefficient (Wildman–Crippen LogP) is 1.76. The zero-order valence-electron chi connectivity index (χ0n) is 11.0. The SMILES string of the molecule is CS(=O)(=O)CCCNCc1cccc2cnccc12. The molecule has 1 N–H and O–H groups in total. The summed E-state index contributed by atoms with van der Waals surface area (Å²) in [6.07, 6.45) is 5.55. The van der Waals surface area contributed by atoms with Crippen molar-refractivity contribution in [1.29, 1.82) is 0 Å². The summed E-state index contributed by atoms with van der Waals surface area (Å²) in [4.78, 5) is 4.10. The minimum atomic E-state index is -2.85. The Kier molecular flexibility index (Phi) is 4.50. The summed E-state index contributed by atoms with van der Waals surface area (Å²) >= 11 is 0. The molecule has 0 unspecified atom stereocenters. The van der Waals surface area contributed by atoms with E-state index in [2.05, 4.69) is 16.4 Å². The van der Waals surface area contributed by atoms with Crippen LogP contribution in [0.1, 0.15) is 12.0 Å². The van der Waals surface area contributed by atoms with Gasteiger partial charge in [0.2, 0.25) is 0 Å². The van der Waals surface area contributed by atoms with E-state index >= 15 is 0 Å². The molecule has 0 bridgehead atoms. The predicted molar refractivity (Wildman–Crippen MR) is 77.8 cm³/mol. The molecule has 0 fully saturated rings. The molecule has 4 nitrogen and oxygen atoms in total. The summed E-state index contributed by atoms with van der Waals surface area (Å²) in [7, 11) is -2.85. The van der Waals surface area contributed by atoms with Crippen molar-refractivity contribution in [1.82, 2.24) is 10.3 Å². The van der Waals surface area contributed by atoms with E-state index in [0.717, 1.165) is 11.9 Å². The topological polar surface area (TPSA) is 59.1 Å². The molecular formula is C14H18N2O2S. The lowest BCUT2D eigenvalue weighted by Gasteiger charge is -2.07. The number of sulfone groups is 1. The largest absolute Gasteiger partial charge is 0.313 e. The van der Waals surface area contributed by atoms with Gasteiger partial charge in [-0.25, -0.2) is 8.42 Å². The first-order valence-electron chi connectivity index (χ1n) is 6.26. The van der Waals surface area contributed by atoms with Crippen LogP contribution in [0.3, 0.4) is 0 Å². The highest BCUT2D eigenvalue weighted by atomic mass is 32.2. The molecule has 19 heavy (non-hydrogen) atoms. The van der Waals surface area contributed by atoms with Crippen LogP contribution < -0.4 is 5.32 Å². The number of pyridine rings is 1. The fourth-order valence-corrected chi connectivity index (χ4v) is 2.69. The zero-order chi connectivity index (χ0) is 13.7. The minimum Gasteiger partial charge on any atom is -0.313 e. The van der Waals surface area contributed by atoms with Gasteiger partial charge >= 0.3 is 0 Å². The molecule has 0 aliphatic carbocycles. The van der Waals surface area contributed by atoms with Gasteiger partial charge in [-0.1, -0.05) is 18.2 Å². The van der Waals surface area contributed by atoms with Gasteiger partial charge in [0.1, 0.15) is 9.84 Å². The number of nitrogens with one attached hydrogen (secondary N) is 1. The highest BCUT2D eigenvalue weighted by Gasteiger charge is 2.02. The molecule has 0 aliphatic heterocycles. The molecule has 0 saturated heterocycles. The Morgan fingerprint density at radius 1 is 1.26 bits per heavy atom. The summed E-state index contributed by atoms with van der Waals surface area (Å²) in [5.41, 5.74) is 1.21. The van der Waals surface area contributed by atoms with Crippen molar-refractivity contribution in [2.45, 2.75) is 13.0 Å². The smallest absolute Gasteiger partial charge is 0.147 e. The van der Waals surface area contributed by atoms with Gasteiger partial charge in [-0.15, -0.1) is 0 Å². The van der Waals surface area contributed by atoms with Crippen LogP contribution in [0.5, 0.6) is 0 Å². The Morgan fingerprint density at radius 3 is 2.89 bits per heavy atom. The third kappa shape index (κ3) is 4.29. The molecule has 0 saturated carbocycles. The molecule has 0 aliphatic rings. The van der Waals surface area contributed by atoms with Gasteiger partial charge in [-0.05, 0) is 30.0 Å². The fourth-order valence-electron chi connectivity index (χ4n) is 2.03. The maximum Gasteiger partial charge on any atom is 0.147 e. The van der Waals surface area contributed by atoms with Gasteiger partial charge in [0.25, 0.3) is 0 Å². The maximum atomic E-state index is 11.0. The molecule has 0 amide bonds. The summed E-state index contributed by atoms with van der Waals surface area (Å²) in [5, 5.41) is 5.59. The van der Waals surface area contributed by atoms with Gasteiger partial charge in [-0.2, -0.15) is 0 Å². The van der Waals surface area contributed by atoms with Crippen molar-refractivity contribution in [3.63, 3.8) is 0 Å². The van der Waals surface area contributed by atoms with Crippen molar-refractivity contribution in [3.8, 4) is 0 Å². The van der Waals surface area contributed by atoms with Crippen LogP contribution in [0.15, 0.2) is 36.7 Å². The minimum absolute atomic E-state index is 0.236. The maximum absolute atomic E-state index is 11.0. The van der Waals surface area contributed by atoms with E-state index in [1.807, 2.05) is 24.4 Å². The Balaban J connectivity index is 1.92. The average molecular weight is 278 g/mol. The van der Waals surface area contributed by atoms with E-state index in [-0.39, 0.29) is 5.75 Å². The van der Waals surface area contributed by atoms with Crippen LogP contribution >= 0.6 is 0 Å².